The van der Waals surface area contributed by atoms with Crippen LogP contribution in [0, 0.1) is 209 Å². The minimum absolute atomic E-state index is 0.581. The van der Waals surface area contributed by atoms with Gasteiger partial charge in [0.2, 0.25) is 34.9 Å². The molecule has 0 spiro atoms. The molecule has 1 unspecified atom stereocenters. The van der Waals surface area contributed by atoms with Crippen molar-refractivity contribution in [2.75, 3.05) is 0 Å². The van der Waals surface area contributed by atoms with Crippen molar-refractivity contribution < 1.29 is 190 Å². The maximum atomic E-state index is 17.5. The number of fused-ring (bicyclic) bond motifs is 9. The number of nitrogens with zero attached hydrogens (tertiary/aromatic N) is 3. The summed E-state index contributed by atoms with van der Waals surface area (Å²) >= 11 is 0. The number of aromatic amines is 3. The van der Waals surface area contributed by atoms with Gasteiger partial charge in [0.25, 0.3) is 0 Å². The van der Waals surface area contributed by atoms with Gasteiger partial charge in [0.05, 0.1) is 66.9 Å². The van der Waals surface area contributed by atoms with Crippen molar-refractivity contribution in [3.05, 3.63) is 328 Å². The lowest BCUT2D eigenvalue weighted by atomic mass is 9.83. The molecule has 49 heteroatoms. The highest BCUT2D eigenvalue weighted by Crippen LogP contribution is 2.53. The molecular formula is C66H4F42N6O. The number of aromatic nitrogens is 3. The highest BCUT2D eigenvalue weighted by Gasteiger charge is 2.55. The summed E-state index contributed by atoms with van der Waals surface area (Å²) in [6.45, 7) is 0. The van der Waals surface area contributed by atoms with E-state index in [4.69, 9.17) is 0 Å². The molecule has 598 valence electrons. The molecule has 7 nitrogen and oxygen atoms in total. The number of hydrogen-bond donors (Lipinski definition) is 4. The molecule has 115 heavy (non-hydrogen) atoms. The fourth-order valence-corrected chi connectivity index (χ4v) is 12.0. The first kappa shape index (κ1) is 80.4. The van der Waals surface area contributed by atoms with Crippen molar-refractivity contribution in [3.63, 3.8) is 0 Å². The van der Waals surface area contributed by atoms with Crippen LogP contribution in [0.1, 0.15) is 56.2 Å². The van der Waals surface area contributed by atoms with E-state index in [1.165, 1.54) is 0 Å². The summed E-state index contributed by atoms with van der Waals surface area (Å²) in [6, 6.07) is 0. The topological polar surface area (TPSA) is 105 Å². The summed E-state index contributed by atoms with van der Waals surface area (Å²) in [6.07, 6.45) is 0. The van der Waals surface area contributed by atoms with Crippen LogP contribution in [0.5, 0.6) is 0 Å². The molecule has 0 aliphatic carbocycles. The standard InChI is InChI=1S/C66H4F42N6O/c67-12-1(13(68)25(80)36(91)24(12)79)6-54-42(97)44(99)56(109-54)7(2-14(69)26(81)37(92)27(82)15(2)70)58-46(101)48(103)60(111-58)9(4-18(73)30(85)39(94)31(86)19(4)74)62-50(105)52(107)64(113-62)66(115,11-22(77)34(89)41(96)35(90)23(11)78)65-53(108)51(106)63(114-65)10(5-20(75)32(87)40(95)33(88)21(5)76)61-49(104)47(102)59(112-61)8(57-45(100)43(98)55(6)110-57)3-16(71)28(83)38(93)29(84)17(3)72/h109,112-113,115H/b54-6+,56-7?,57-8?,60-9?,63-10-. The molecule has 12 bridgehead atoms. The first-order valence-electron chi connectivity index (χ1n) is 29.0. The van der Waals surface area contributed by atoms with Crippen LogP contribution in [0.15, 0.2) is 67.0 Å². The van der Waals surface area contributed by atoms with E-state index in [2.05, 4.69) is 15.0 Å². The van der Waals surface area contributed by atoms with Crippen molar-refractivity contribution in [2.45, 2.75) is 5.60 Å². The smallest absolute Gasteiger partial charge is 0.200 e. The van der Waals surface area contributed by atoms with E-state index in [9.17, 15) is 31.4 Å². The Bertz CT molecular complexity index is 6440. The molecule has 4 aliphatic rings. The zero-order valence-electron chi connectivity index (χ0n) is 52.2. The van der Waals surface area contributed by atoms with Crippen LogP contribution >= 0.6 is 0 Å². The van der Waals surface area contributed by atoms with E-state index in [0.29, 0.717) is 9.97 Å². The average molecular weight is 1690 g/mol. The highest BCUT2D eigenvalue weighted by molar-refractivity contribution is 6.34. The predicted octanol–water partition coefficient (Wildman–Crippen LogP) is 18.8. The minimum atomic E-state index is -6.24. The molecule has 7 heterocycles. The number of aliphatic hydroxyl groups is 1. The largest absolute Gasteiger partial charge is 0.373 e. The van der Waals surface area contributed by atoms with Crippen molar-refractivity contribution >= 4 is 45.0 Å². The monoisotopic (exact) mass is 1690 g/mol. The van der Waals surface area contributed by atoms with Gasteiger partial charge in [-0.2, -0.15) is 0 Å². The number of hydrogen-bond acceptors (Lipinski definition) is 4. The third-order valence-corrected chi connectivity index (χ3v) is 17.2. The Labute approximate surface area is 597 Å². The number of H-pyrrole nitrogens is 3. The molecule has 0 saturated heterocycles. The molecule has 0 radical (unpaired) electrons. The summed E-state index contributed by atoms with van der Waals surface area (Å²) in [7, 11) is 0. The van der Waals surface area contributed by atoms with Crippen LogP contribution in [-0.4, -0.2) is 37.2 Å². The van der Waals surface area contributed by atoms with Crippen molar-refractivity contribution in [2.24, 2.45) is 15.0 Å². The van der Waals surface area contributed by atoms with Crippen LogP contribution in [0.25, 0.3) is 27.9 Å². The number of nitrogens with one attached hydrogen (secondary N) is 3. The molecular weight excluding hydrogens is 1690 g/mol. The molecule has 1 atom stereocenters. The van der Waals surface area contributed by atoms with Gasteiger partial charge in [-0.15, -0.1) is 0 Å². The van der Waals surface area contributed by atoms with E-state index in [-0.39, 0.29) is 0 Å². The quantitative estimate of drug-likeness (QED) is 0.0743. The van der Waals surface area contributed by atoms with E-state index < -0.39 is 379 Å². The Kier molecular flexibility index (Phi) is 18.9. The lowest BCUT2D eigenvalue weighted by molar-refractivity contribution is 0.132. The summed E-state index contributed by atoms with van der Waals surface area (Å²) in [4.78, 5) is 9.90. The Morgan fingerprint density at radius 2 is 0.409 bits per heavy atom. The molecule has 3 aromatic heterocycles. The first-order valence-corrected chi connectivity index (χ1v) is 29.0. The minimum Gasteiger partial charge on any atom is -0.373 e. The van der Waals surface area contributed by atoms with Crippen LogP contribution in [-0.2, 0) is 5.60 Å². The van der Waals surface area contributed by atoms with Crippen LogP contribution < -0.4 is 10.7 Å². The molecule has 4 aliphatic heterocycles. The Hall–Kier alpha value is -12.6. The number of rotatable bonds is 6. The second kappa shape index (κ2) is 27.0. The van der Waals surface area contributed by atoms with E-state index >= 15 is 158 Å². The zero-order chi connectivity index (χ0) is 85.3. The highest BCUT2D eigenvalue weighted by atomic mass is 19.2. The molecule has 6 aromatic carbocycles. The molecule has 4 N–H and O–H groups in total. The Morgan fingerprint density at radius 3 is 0.687 bits per heavy atom. The second-order valence-electron chi connectivity index (χ2n) is 23.1. The Balaban J connectivity index is 1.39. The lowest BCUT2D eigenvalue weighted by Gasteiger charge is -2.29. The van der Waals surface area contributed by atoms with Gasteiger partial charge in [0.15, 0.2) is 215 Å². The number of aliphatic imine (C=N–C) groups is 3. The Morgan fingerprint density at radius 1 is 0.191 bits per heavy atom. The van der Waals surface area contributed by atoms with E-state index in [1.54, 1.807) is 0 Å². The van der Waals surface area contributed by atoms with Gasteiger partial charge in [-0.25, -0.2) is 199 Å². The molecule has 9 aromatic rings. The molecule has 0 saturated carbocycles. The SMILES string of the molecule is OC1(c2c(F)c(F)c(F)c(F)c2F)C2=N/C(=C(/c3c(F)c(F)c(F)c(F)c3F)c3[nH]c(c(F)c3F)C(c3c(F)c(F)c(F)c(F)c3F)=C3N=C(C(F)=C3F)/C(c3c(F)c(F)c(F)c(F)c3F)=c3/[nH]c(c(F)c3F)=C(c3c(F)c(F)c(F)c(F)c3F)C3=NC(=C(c4c(F)c(F)c(F)c(F)c4F)c4[nH]c1c(F)c4F)C(F)=C3F)C(F)=C2F. The maximum absolute atomic E-state index is 17.5. The zero-order valence-corrected chi connectivity index (χ0v) is 52.2. The number of allylic oxidation sites excluding steroid dienone is 5. The summed E-state index contributed by atoms with van der Waals surface area (Å²) < 4.78 is 684. The van der Waals surface area contributed by atoms with Crippen LogP contribution in [0.2, 0.25) is 0 Å². The lowest BCUT2D eigenvalue weighted by Crippen LogP contribution is -2.41. The first-order chi connectivity index (χ1) is 53.5. The maximum Gasteiger partial charge on any atom is 0.200 e. The normalized spacial score (nSPS) is 17.3. The van der Waals surface area contributed by atoms with Gasteiger partial charge in [-0.1, -0.05) is 0 Å². The van der Waals surface area contributed by atoms with E-state index in [1.807, 2.05) is 0 Å². The fraction of sp³-hybridized carbons (Fsp3) is 0.0152. The number of benzene rings is 6. The predicted molar refractivity (Wildman–Crippen MR) is 295 cm³/mol. The summed E-state index contributed by atoms with van der Waals surface area (Å²) in [5.41, 5.74) is -76.9. The van der Waals surface area contributed by atoms with Gasteiger partial charge in [-0.3, -0.25) is 0 Å². The second-order valence-corrected chi connectivity index (χ2v) is 23.1. The molecule has 0 fully saturated rings. The van der Waals surface area contributed by atoms with Gasteiger partial charge in [0.1, 0.15) is 34.2 Å². The van der Waals surface area contributed by atoms with Crippen LogP contribution in [0.4, 0.5) is 184 Å². The van der Waals surface area contributed by atoms with E-state index in [0.717, 1.165) is 4.98 Å². The van der Waals surface area contributed by atoms with Crippen molar-refractivity contribution in [1.29, 1.82) is 0 Å². The van der Waals surface area contributed by atoms with Gasteiger partial charge in [-0.05, 0) is 0 Å². The molecule has 13 rings (SSSR count). The third kappa shape index (κ3) is 10.7. The van der Waals surface area contributed by atoms with Gasteiger partial charge < -0.3 is 20.1 Å². The van der Waals surface area contributed by atoms with Crippen LogP contribution in [0.3, 0.4) is 0 Å². The fourth-order valence-electron chi connectivity index (χ4n) is 12.0. The summed E-state index contributed by atoms with van der Waals surface area (Å²) in [5.74, 6) is -155. The van der Waals surface area contributed by atoms with Gasteiger partial charge in [0, 0.05) is 27.9 Å². The van der Waals surface area contributed by atoms with Gasteiger partial charge >= 0.3 is 0 Å². The molecule has 0 amide bonds. The number of halogens is 42. The third-order valence-electron chi connectivity index (χ3n) is 17.2. The average Bonchev–Trinajstić information content (AvgIpc) is 1.54. The van der Waals surface area contributed by atoms with Crippen molar-refractivity contribution in [3.8, 4) is 0 Å². The summed E-state index contributed by atoms with van der Waals surface area (Å²) in [5, 5.41) is 6.32. The van der Waals surface area contributed by atoms with Crippen molar-refractivity contribution in [1.82, 2.24) is 15.0 Å².